The van der Waals surface area contributed by atoms with Gasteiger partial charge in [0.2, 0.25) is 53.2 Å². The first-order valence-corrected chi connectivity index (χ1v) is 34.2. The summed E-state index contributed by atoms with van der Waals surface area (Å²) in [7, 11) is 1.70. The maximum absolute atomic E-state index is 12.2. The van der Waals surface area contributed by atoms with Crippen LogP contribution in [0.5, 0.6) is 0 Å². The molecule has 0 aliphatic heterocycles. The number of ether oxygens (including phenoxy) is 12. The molecule has 0 saturated heterocycles. The molecule has 0 heterocycles. The monoisotopic (exact) mass is 1430 g/mol. The summed E-state index contributed by atoms with van der Waals surface area (Å²) in [5.41, 5.74) is 0. The predicted octanol–water partition coefficient (Wildman–Crippen LogP) is -4.09. The van der Waals surface area contributed by atoms with Crippen LogP contribution in [0.1, 0.15) is 90.4 Å². The second-order valence-electron chi connectivity index (χ2n) is 21.5. The number of nitrogens with one attached hydrogen (secondary N) is 9. The molecule has 15 N–H and O–H groups in total. The van der Waals surface area contributed by atoms with Crippen LogP contribution in [0.2, 0.25) is 0 Å². The van der Waals surface area contributed by atoms with E-state index in [0.29, 0.717) is 236 Å². The van der Waals surface area contributed by atoms with Crippen LogP contribution in [0.3, 0.4) is 0 Å². The van der Waals surface area contributed by atoms with Crippen molar-refractivity contribution in [2.75, 3.05) is 257 Å². The van der Waals surface area contributed by atoms with Gasteiger partial charge in [-0.2, -0.15) is 0 Å². The van der Waals surface area contributed by atoms with Gasteiger partial charge in [-0.25, -0.2) is 17.7 Å². The minimum absolute atomic E-state index is 0.0496. The van der Waals surface area contributed by atoms with E-state index >= 15 is 0 Å². The summed E-state index contributed by atoms with van der Waals surface area (Å²) in [4.78, 5) is 120. The molecular formula is C62H123N13O24. The molecule has 0 radical (unpaired) electrons. The number of amides is 9. The maximum atomic E-state index is 12.2. The number of carbonyl (C=O) groups excluding carboxylic acids is 9. The Morgan fingerprint density at radius 1 is 0.232 bits per heavy atom. The molecule has 0 bridgehead atoms. The van der Waals surface area contributed by atoms with E-state index in [1.807, 2.05) is 6.92 Å². The number of unbranched alkanes of at least 4 members (excludes halogenated alkanes) is 3. The van der Waals surface area contributed by atoms with Crippen LogP contribution < -0.4 is 65.5 Å². The quantitative estimate of drug-likeness (QED) is 0.0203. The Bertz CT molecular complexity index is 1860. The van der Waals surface area contributed by atoms with Crippen LogP contribution in [-0.2, 0) is 115 Å². The zero-order chi connectivity index (χ0) is 72.8. The van der Waals surface area contributed by atoms with Crippen molar-refractivity contribution in [2.24, 2.45) is 17.7 Å². The van der Waals surface area contributed by atoms with Gasteiger partial charge in [0.25, 0.3) is 0 Å². The van der Waals surface area contributed by atoms with Gasteiger partial charge < -0.3 is 119 Å². The summed E-state index contributed by atoms with van der Waals surface area (Å²) in [6.07, 6.45) is 8.91. The molecule has 37 nitrogen and oxygen atoms in total. The summed E-state index contributed by atoms with van der Waals surface area (Å²) in [5.74, 6) is 12.7. The molecule has 99 heavy (non-hydrogen) atoms. The van der Waals surface area contributed by atoms with Crippen LogP contribution in [-0.4, -0.2) is 315 Å². The molecule has 0 aliphatic carbocycles. The number of hydrogen-bond acceptors (Lipinski definition) is 28. The van der Waals surface area contributed by atoms with E-state index in [9.17, 15) is 43.2 Å². The lowest BCUT2D eigenvalue weighted by atomic mass is 10.3. The fraction of sp³-hybridized carbons (Fsp3) is 0.855. The molecule has 37 heteroatoms. The molecule has 0 unspecified atom stereocenters. The number of likely N-dealkylation sites (N-methyl/N-ethyl adjacent to an activating group) is 1. The van der Waals surface area contributed by atoms with E-state index in [2.05, 4.69) is 62.4 Å². The highest BCUT2D eigenvalue weighted by atomic mass is 16.6. The molecule has 580 valence electrons. The molecule has 0 aliphatic rings. The van der Waals surface area contributed by atoms with Gasteiger partial charge >= 0.3 is 0 Å². The van der Waals surface area contributed by atoms with Crippen molar-refractivity contribution in [3.05, 3.63) is 0 Å². The van der Waals surface area contributed by atoms with Gasteiger partial charge in [-0.15, -0.1) is 0 Å². The first kappa shape index (κ1) is 95.5. The molecule has 0 spiro atoms. The topological polar surface area (TPSA) is 482 Å². The van der Waals surface area contributed by atoms with Crippen LogP contribution in [0.15, 0.2) is 0 Å². The zero-order valence-electron chi connectivity index (χ0n) is 59.0. The fourth-order valence-corrected chi connectivity index (χ4v) is 7.45. The molecule has 0 atom stereocenters. The third kappa shape index (κ3) is 79.7. The average molecular weight is 1430 g/mol. The normalized spacial score (nSPS) is 11.0. The van der Waals surface area contributed by atoms with Crippen LogP contribution >= 0.6 is 0 Å². The summed E-state index contributed by atoms with van der Waals surface area (Å²) in [5, 5.41) is 24.6. The fourth-order valence-electron chi connectivity index (χ4n) is 7.45. The van der Waals surface area contributed by atoms with Gasteiger partial charge in [-0.1, -0.05) is 6.92 Å². The Morgan fingerprint density at radius 2 is 0.414 bits per heavy atom. The van der Waals surface area contributed by atoms with Crippen molar-refractivity contribution in [2.45, 2.75) is 90.4 Å². The molecule has 0 aromatic heterocycles. The van der Waals surface area contributed by atoms with E-state index in [-0.39, 0.29) is 106 Å². The Balaban J connectivity index is 0. The van der Waals surface area contributed by atoms with Crippen molar-refractivity contribution in [3.63, 3.8) is 0 Å². The van der Waals surface area contributed by atoms with Gasteiger partial charge in [0.1, 0.15) is 39.6 Å². The number of hydrogen-bond donors (Lipinski definition) is 12. The van der Waals surface area contributed by atoms with E-state index in [1.165, 1.54) is 0 Å². The van der Waals surface area contributed by atoms with E-state index < -0.39 is 0 Å². The van der Waals surface area contributed by atoms with E-state index in [4.69, 9.17) is 74.5 Å². The lowest BCUT2D eigenvalue weighted by Gasteiger charge is -2.16. The van der Waals surface area contributed by atoms with Gasteiger partial charge in [0, 0.05) is 105 Å². The van der Waals surface area contributed by atoms with Gasteiger partial charge in [0.15, 0.2) is 0 Å². The van der Waals surface area contributed by atoms with Gasteiger partial charge in [0.05, 0.1) is 112 Å². The Hall–Kier alpha value is -5.53. The average Bonchev–Trinajstić information content (AvgIpc) is 3.80. The summed E-state index contributed by atoms with van der Waals surface area (Å²) < 4.78 is 64.5. The molecule has 0 aromatic rings. The summed E-state index contributed by atoms with van der Waals surface area (Å²) in [6, 6.07) is 0. The first-order chi connectivity index (χ1) is 48.3. The van der Waals surface area contributed by atoms with Crippen LogP contribution in [0.4, 0.5) is 0 Å². The third-order valence-corrected chi connectivity index (χ3v) is 12.5. The van der Waals surface area contributed by atoms with Crippen molar-refractivity contribution < 1.29 is 115 Å². The highest BCUT2D eigenvalue weighted by Gasteiger charge is 2.12. The third-order valence-electron chi connectivity index (χ3n) is 12.5. The van der Waals surface area contributed by atoms with E-state index in [1.54, 1.807) is 11.9 Å². The SMILES string of the molecule is CCC(=O)NCCCOCCOCCOCCCNC(=O)COCC(=O)NCCCCON.CN(CC(=O)NCCCOCCOCCOCCCNC(=O)COCC(=O)NCCCCON)CC(=O)NCCCOCCOCCOCCCNC(=O)COCC(=O)NCCCCON. The Labute approximate surface area is 584 Å². The number of carbonyl (C=O) groups is 9. The molecular weight excluding hydrogens is 1310 g/mol. The Morgan fingerprint density at radius 3 is 0.616 bits per heavy atom. The van der Waals surface area contributed by atoms with Gasteiger partial charge in [-0.05, 0) is 84.1 Å². The summed E-state index contributed by atoms with van der Waals surface area (Å²) in [6.45, 7) is 14.6. The van der Waals surface area contributed by atoms with Crippen molar-refractivity contribution in [1.29, 1.82) is 0 Å². The lowest BCUT2D eigenvalue weighted by Crippen LogP contribution is -2.41. The maximum Gasteiger partial charge on any atom is 0.246 e. The largest absolute Gasteiger partial charge is 0.379 e. The second-order valence-corrected chi connectivity index (χ2v) is 21.5. The molecule has 0 fully saturated rings. The minimum Gasteiger partial charge on any atom is -0.379 e. The minimum atomic E-state index is -0.307. The number of nitrogens with two attached hydrogens (primary N) is 3. The van der Waals surface area contributed by atoms with E-state index in [0.717, 1.165) is 44.9 Å². The predicted molar refractivity (Wildman–Crippen MR) is 361 cm³/mol. The van der Waals surface area contributed by atoms with Crippen molar-refractivity contribution in [3.8, 4) is 0 Å². The zero-order valence-corrected chi connectivity index (χ0v) is 59.0. The molecule has 9 amide bonds. The molecule has 0 saturated carbocycles. The Kier molecular flexibility index (Phi) is 75.4. The second kappa shape index (κ2) is 78.2. The van der Waals surface area contributed by atoms with Crippen molar-refractivity contribution in [1.82, 2.24) is 52.8 Å². The lowest BCUT2D eigenvalue weighted by molar-refractivity contribution is -0.132. The standard InChI is InChI=1S/C41H81N9O16.C21H42N4O8/c1-50(30-36(51)44-12-6-16-57-22-26-61-28-24-59-18-8-14-48-40(55)34-63-32-38(53)46-10-2-4-20-65-42)31-37(52)45-13-7-17-58-23-27-62-29-25-60-19-9-15-49-41(56)35-64-33-39(54)47-11-3-5-21-66-43;1-2-19(26)23-8-5-10-29-13-15-31-16-14-30-11-6-9-25-21(28)18-32-17-20(27)24-7-3-4-12-33-22/h2-35,42-43H2,1H3,(H,44,51)(H,45,52)(H,46,53)(H,47,54)(H,48,55)(H,49,56);2-18,22H2,1H3,(H,23,26)(H,24,27)(H,25,28). The van der Waals surface area contributed by atoms with Crippen LogP contribution in [0, 0.1) is 0 Å². The molecule has 0 rings (SSSR count). The number of nitrogens with zero attached hydrogens (tertiary/aromatic N) is 1. The first-order valence-electron chi connectivity index (χ1n) is 34.2. The van der Waals surface area contributed by atoms with Crippen molar-refractivity contribution >= 4 is 53.2 Å². The summed E-state index contributed by atoms with van der Waals surface area (Å²) >= 11 is 0. The van der Waals surface area contributed by atoms with Gasteiger partial charge in [-0.3, -0.25) is 48.1 Å². The molecule has 0 aromatic carbocycles. The van der Waals surface area contributed by atoms with Crippen LogP contribution in [0.25, 0.3) is 0 Å². The smallest absolute Gasteiger partial charge is 0.246 e. The highest BCUT2D eigenvalue weighted by Crippen LogP contribution is 1.94. The highest BCUT2D eigenvalue weighted by molar-refractivity contribution is 5.82. The number of rotatable bonds is 74.